The minimum Gasteiger partial charge on any atom is -0.356 e. The second-order valence-electron chi connectivity index (χ2n) is 4.18. The van der Waals surface area contributed by atoms with Gasteiger partial charge in [-0.1, -0.05) is 26.0 Å². The van der Waals surface area contributed by atoms with Gasteiger partial charge in [-0.2, -0.15) is 5.26 Å². The van der Waals surface area contributed by atoms with Crippen LogP contribution in [0.3, 0.4) is 0 Å². The zero-order valence-corrected chi connectivity index (χ0v) is 9.66. The average Bonchev–Trinajstić information content (AvgIpc) is 2.27. The molecule has 0 atom stereocenters. The smallest absolute Gasteiger partial charge is 0.224 e. The van der Waals surface area contributed by atoms with Gasteiger partial charge in [-0.25, -0.2) is 0 Å². The monoisotopic (exact) mass is 216 g/mol. The number of benzene rings is 1. The number of hydrogen-bond acceptors (Lipinski definition) is 2. The number of nitrogens with one attached hydrogen (secondary N) is 1. The predicted octanol–water partition coefficient (Wildman–Crippen LogP) is 1.87. The summed E-state index contributed by atoms with van der Waals surface area (Å²) >= 11 is 0. The molecule has 1 aromatic rings. The third-order valence-corrected chi connectivity index (χ3v) is 2.16. The summed E-state index contributed by atoms with van der Waals surface area (Å²) in [5, 5.41) is 11.5. The molecule has 0 aliphatic heterocycles. The van der Waals surface area contributed by atoms with E-state index in [4.69, 9.17) is 5.26 Å². The van der Waals surface area contributed by atoms with Crippen LogP contribution in [0.4, 0.5) is 0 Å². The molecule has 1 aromatic carbocycles. The minimum atomic E-state index is 0.0263. The van der Waals surface area contributed by atoms with Crippen LogP contribution in [0.15, 0.2) is 24.3 Å². The van der Waals surface area contributed by atoms with Crippen molar-refractivity contribution in [1.82, 2.24) is 5.32 Å². The van der Waals surface area contributed by atoms with Gasteiger partial charge in [0.2, 0.25) is 5.91 Å². The molecule has 1 amide bonds. The Morgan fingerprint density at radius 2 is 2.00 bits per heavy atom. The lowest BCUT2D eigenvalue weighted by molar-refractivity contribution is -0.120. The van der Waals surface area contributed by atoms with Crippen LogP contribution in [0.5, 0.6) is 0 Å². The molecular formula is C13H16N2O. The molecule has 0 bridgehead atoms. The van der Waals surface area contributed by atoms with Gasteiger partial charge in [0, 0.05) is 6.54 Å². The van der Waals surface area contributed by atoms with E-state index in [1.807, 2.05) is 18.2 Å². The first-order valence-electron chi connectivity index (χ1n) is 5.37. The first kappa shape index (κ1) is 12.3. The molecule has 0 saturated heterocycles. The average molecular weight is 216 g/mol. The van der Waals surface area contributed by atoms with Gasteiger partial charge >= 0.3 is 0 Å². The maximum atomic E-state index is 11.5. The Bertz CT molecular complexity index is 387. The lowest BCUT2D eigenvalue weighted by Gasteiger charge is -2.07. The number of rotatable bonds is 4. The van der Waals surface area contributed by atoms with Crippen LogP contribution in [0.25, 0.3) is 0 Å². The van der Waals surface area contributed by atoms with Crippen molar-refractivity contribution in [2.45, 2.75) is 20.3 Å². The molecule has 84 valence electrons. The highest BCUT2D eigenvalue weighted by atomic mass is 16.1. The van der Waals surface area contributed by atoms with Gasteiger partial charge in [0.05, 0.1) is 18.1 Å². The molecular weight excluding hydrogens is 200 g/mol. The fraction of sp³-hybridized carbons (Fsp3) is 0.385. The number of nitrogens with zero attached hydrogens (tertiary/aromatic N) is 1. The van der Waals surface area contributed by atoms with Gasteiger partial charge in [0.25, 0.3) is 0 Å². The highest BCUT2D eigenvalue weighted by Crippen LogP contribution is 2.04. The van der Waals surface area contributed by atoms with Gasteiger partial charge in [-0.3, -0.25) is 4.79 Å². The second kappa shape index (κ2) is 5.92. The normalized spacial score (nSPS) is 9.88. The summed E-state index contributed by atoms with van der Waals surface area (Å²) in [6.45, 7) is 4.82. The van der Waals surface area contributed by atoms with Crippen LogP contribution in [0.1, 0.15) is 25.0 Å². The Morgan fingerprint density at radius 1 is 1.38 bits per heavy atom. The van der Waals surface area contributed by atoms with E-state index in [9.17, 15) is 4.79 Å². The minimum absolute atomic E-state index is 0.0263. The summed E-state index contributed by atoms with van der Waals surface area (Å²) in [4.78, 5) is 11.5. The number of carbonyl (C=O) groups is 1. The van der Waals surface area contributed by atoms with Gasteiger partial charge in [0.15, 0.2) is 0 Å². The van der Waals surface area contributed by atoms with Crippen molar-refractivity contribution in [3.63, 3.8) is 0 Å². The largest absolute Gasteiger partial charge is 0.356 e. The van der Waals surface area contributed by atoms with E-state index in [1.54, 1.807) is 12.1 Å². The van der Waals surface area contributed by atoms with Crippen LogP contribution in [0.2, 0.25) is 0 Å². The van der Waals surface area contributed by atoms with Crippen LogP contribution >= 0.6 is 0 Å². The van der Waals surface area contributed by atoms with E-state index in [2.05, 4.69) is 19.2 Å². The van der Waals surface area contributed by atoms with E-state index in [1.165, 1.54) is 0 Å². The molecule has 0 spiro atoms. The molecule has 0 saturated carbocycles. The van der Waals surface area contributed by atoms with E-state index < -0.39 is 0 Å². The van der Waals surface area contributed by atoms with E-state index >= 15 is 0 Å². The summed E-state index contributed by atoms with van der Waals surface area (Å²) in [5.74, 6) is 0.489. The maximum Gasteiger partial charge on any atom is 0.224 e. The summed E-state index contributed by atoms with van der Waals surface area (Å²) in [7, 11) is 0. The molecule has 0 radical (unpaired) electrons. The van der Waals surface area contributed by atoms with E-state index in [0.29, 0.717) is 24.4 Å². The van der Waals surface area contributed by atoms with Crippen LogP contribution in [0, 0.1) is 17.2 Å². The van der Waals surface area contributed by atoms with Crippen LogP contribution < -0.4 is 5.32 Å². The van der Waals surface area contributed by atoms with Crippen molar-refractivity contribution in [2.24, 2.45) is 5.92 Å². The Hall–Kier alpha value is -1.82. The lowest BCUT2D eigenvalue weighted by atomic mass is 10.1. The molecule has 3 nitrogen and oxygen atoms in total. The molecule has 3 heteroatoms. The van der Waals surface area contributed by atoms with Crippen LogP contribution in [-0.2, 0) is 11.2 Å². The molecule has 0 aromatic heterocycles. The van der Waals surface area contributed by atoms with E-state index in [0.717, 1.165) is 5.56 Å². The fourth-order valence-corrected chi connectivity index (χ4v) is 1.26. The molecule has 0 aliphatic rings. The predicted molar refractivity (Wildman–Crippen MR) is 62.7 cm³/mol. The number of nitriles is 1. The molecule has 1 N–H and O–H groups in total. The van der Waals surface area contributed by atoms with Gasteiger partial charge < -0.3 is 5.32 Å². The zero-order valence-electron chi connectivity index (χ0n) is 9.66. The SMILES string of the molecule is CC(C)CNC(=O)Cc1ccc(C#N)cc1. The second-order valence-corrected chi connectivity index (χ2v) is 4.18. The van der Waals surface area contributed by atoms with Gasteiger partial charge in [-0.05, 0) is 23.6 Å². The highest BCUT2D eigenvalue weighted by Gasteiger charge is 2.03. The number of carbonyl (C=O) groups excluding carboxylic acids is 1. The lowest BCUT2D eigenvalue weighted by Crippen LogP contribution is -2.28. The Morgan fingerprint density at radius 3 is 2.50 bits per heavy atom. The molecule has 0 heterocycles. The maximum absolute atomic E-state index is 11.5. The van der Waals surface area contributed by atoms with E-state index in [-0.39, 0.29) is 5.91 Å². The Balaban J connectivity index is 2.47. The Labute approximate surface area is 96.1 Å². The highest BCUT2D eigenvalue weighted by molar-refractivity contribution is 5.78. The fourth-order valence-electron chi connectivity index (χ4n) is 1.26. The quantitative estimate of drug-likeness (QED) is 0.835. The molecule has 0 unspecified atom stereocenters. The number of amides is 1. The zero-order chi connectivity index (χ0) is 12.0. The molecule has 0 fully saturated rings. The third-order valence-electron chi connectivity index (χ3n) is 2.16. The first-order chi connectivity index (χ1) is 7.61. The first-order valence-corrected chi connectivity index (χ1v) is 5.37. The number of hydrogen-bond donors (Lipinski definition) is 1. The van der Waals surface area contributed by atoms with Crippen molar-refractivity contribution in [2.75, 3.05) is 6.54 Å². The van der Waals surface area contributed by atoms with Gasteiger partial charge in [0.1, 0.15) is 0 Å². The summed E-state index contributed by atoms with van der Waals surface area (Å²) in [6, 6.07) is 9.13. The van der Waals surface area contributed by atoms with Crippen molar-refractivity contribution in [1.29, 1.82) is 5.26 Å². The molecule has 1 rings (SSSR count). The van der Waals surface area contributed by atoms with Crippen molar-refractivity contribution in [3.8, 4) is 6.07 Å². The standard InChI is InChI=1S/C13H16N2O/c1-10(2)9-15-13(16)7-11-3-5-12(8-14)6-4-11/h3-6,10H,7,9H2,1-2H3,(H,15,16). The topological polar surface area (TPSA) is 52.9 Å². The van der Waals surface area contributed by atoms with Crippen molar-refractivity contribution < 1.29 is 4.79 Å². The van der Waals surface area contributed by atoms with Gasteiger partial charge in [-0.15, -0.1) is 0 Å². The summed E-state index contributed by atoms with van der Waals surface area (Å²) < 4.78 is 0. The van der Waals surface area contributed by atoms with Crippen molar-refractivity contribution >= 4 is 5.91 Å². The summed E-state index contributed by atoms with van der Waals surface area (Å²) in [5.41, 5.74) is 1.55. The van der Waals surface area contributed by atoms with Crippen LogP contribution in [-0.4, -0.2) is 12.5 Å². The van der Waals surface area contributed by atoms with Crippen molar-refractivity contribution in [3.05, 3.63) is 35.4 Å². The molecule has 16 heavy (non-hydrogen) atoms. The summed E-state index contributed by atoms with van der Waals surface area (Å²) in [6.07, 6.45) is 0.373. The third kappa shape index (κ3) is 4.14. The Kier molecular flexibility index (Phi) is 4.53. The molecule has 0 aliphatic carbocycles.